The second kappa shape index (κ2) is 6.26. The lowest BCUT2D eigenvalue weighted by atomic mass is 10.2. The van der Waals surface area contributed by atoms with Gasteiger partial charge in [-0.15, -0.1) is 12.4 Å². The van der Waals surface area contributed by atoms with Crippen LogP contribution in [0.2, 0.25) is 0 Å². The number of pyridine rings is 1. The molecule has 0 saturated heterocycles. The molecule has 0 saturated carbocycles. The quantitative estimate of drug-likeness (QED) is 0.774. The molecular weight excluding hydrogens is 272 g/mol. The highest BCUT2D eigenvalue weighted by atomic mass is 35.5. The summed E-state index contributed by atoms with van der Waals surface area (Å²) in [7, 11) is 1.67. The lowest BCUT2D eigenvalue weighted by Gasteiger charge is -2.09. The minimum Gasteiger partial charge on any atom is -0.497 e. The summed E-state index contributed by atoms with van der Waals surface area (Å²) in [6, 6.07) is 17.9. The molecule has 1 heterocycles. The van der Waals surface area contributed by atoms with Crippen molar-refractivity contribution in [1.82, 2.24) is 4.98 Å². The van der Waals surface area contributed by atoms with Crippen molar-refractivity contribution in [3.63, 3.8) is 0 Å². The lowest BCUT2D eigenvalue weighted by molar-refractivity contribution is 0.415. The van der Waals surface area contributed by atoms with Crippen LogP contribution in [0.3, 0.4) is 0 Å². The van der Waals surface area contributed by atoms with E-state index in [0.717, 1.165) is 28.0 Å². The molecule has 0 radical (unpaired) electrons. The molecule has 3 aromatic rings. The van der Waals surface area contributed by atoms with Crippen LogP contribution in [0.1, 0.15) is 0 Å². The summed E-state index contributed by atoms with van der Waals surface area (Å²) in [6.45, 7) is 0. The maximum Gasteiger partial charge on any atom is 0.119 e. The van der Waals surface area contributed by atoms with Gasteiger partial charge in [-0.3, -0.25) is 4.98 Å². The predicted octanol–water partition coefficient (Wildman–Crippen LogP) is 4.41. The Morgan fingerprint density at radius 3 is 2.45 bits per heavy atom. The van der Waals surface area contributed by atoms with Crippen LogP contribution in [0.5, 0.6) is 5.75 Å². The number of hydrogen-bond acceptors (Lipinski definition) is 3. The average molecular weight is 287 g/mol. The fourth-order valence-electron chi connectivity index (χ4n) is 2.03. The Morgan fingerprint density at radius 2 is 1.70 bits per heavy atom. The number of nitrogens with one attached hydrogen (secondary N) is 1. The van der Waals surface area contributed by atoms with Gasteiger partial charge in [-0.05, 0) is 36.4 Å². The maximum atomic E-state index is 5.15. The van der Waals surface area contributed by atoms with Gasteiger partial charge in [0.2, 0.25) is 0 Å². The van der Waals surface area contributed by atoms with E-state index < -0.39 is 0 Å². The molecule has 4 heteroatoms. The lowest BCUT2D eigenvalue weighted by Crippen LogP contribution is -1.92. The SMILES string of the molecule is COc1ccc(Nc2ccnc3ccccc23)cc1.Cl. The molecule has 0 unspecified atom stereocenters. The highest BCUT2D eigenvalue weighted by molar-refractivity contribution is 5.92. The molecule has 20 heavy (non-hydrogen) atoms. The second-order valence-corrected chi connectivity index (χ2v) is 4.23. The Kier molecular flexibility index (Phi) is 4.43. The number of methoxy groups -OCH3 is 1. The van der Waals surface area contributed by atoms with Crippen molar-refractivity contribution in [2.45, 2.75) is 0 Å². The second-order valence-electron chi connectivity index (χ2n) is 4.23. The summed E-state index contributed by atoms with van der Waals surface area (Å²) in [5.41, 5.74) is 3.06. The van der Waals surface area contributed by atoms with Crippen molar-refractivity contribution in [1.29, 1.82) is 0 Å². The fraction of sp³-hybridized carbons (Fsp3) is 0.0625. The van der Waals surface area contributed by atoms with E-state index in [2.05, 4.69) is 16.4 Å². The summed E-state index contributed by atoms with van der Waals surface area (Å²) < 4.78 is 5.15. The van der Waals surface area contributed by atoms with Gasteiger partial charge in [0.1, 0.15) is 5.75 Å². The van der Waals surface area contributed by atoms with Crippen LogP contribution in [0.15, 0.2) is 60.8 Å². The summed E-state index contributed by atoms with van der Waals surface area (Å²) >= 11 is 0. The molecule has 1 aromatic heterocycles. The number of aromatic nitrogens is 1. The van der Waals surface area contributed by atoms with Crippen LogP contribution in [0.4, 0.5) is 11.4 Å². The van der Waals surface area contributed by atoms with Gasteiger partial charge >= 0.3 is 0 Å². The number of hydrogen-bond donors (Lipinski definition) is 1. The number of rotatable bonds is 3. The van der Waals surface area contributed by atoms with Crippen LogP contribution in [0, 0.1) is 0 Å². The zero-order valence-electron chi connectivity index (χ0n) is 11.0. The Labute approximate surface area is 124 Å². The van der Waals surface area contributed by atoms with Gasteiger partial charge in [0.25, 0.3) is 0 Å². The molecule has 3 rings (SSSR count). The zero-order chi connectivity index (χ0) is 13.1. The van der Waals surface area contributed by atoms with Crippen molar-refractivity contribution in [3.8, 4) is 5.75 Å². The van der Waals surface area contributed by atoms with Crippen molar-refractivity contribution < 1.29 is 4.74 Å². The minimum absolute atomic E-state index is 0. The Bertz CT molecular complexity index is 693. The van der Waals surface area contributed by atoms with E-state index in [1.54, 1.807) is 7.11 Å². The van der Waals surface area contributed by atoms with Crippen molar-refractivity contribution >= 4 is 34.7 Å². The first kappa shape index (κ1) is 14.2. The first-order valence-electron chi connectivity index (χ1n) is 6.11. The molecular formula is C16H15ClN2O. The van der Waals surface area contributed by atoms with Gasteiger partial charge in [0, 0.05) is 23.0 Å². The molecule has 3 nitrogen and oxygen atoms in total. The average Bonchev–Trinajstić information content (AvgIpc) is 2.48. The largest absolute Gasteiger partial charge is 0.497 e. The molecule has 0 aliphatic heterocycles. The van der Waals surface area contributed by atoms with Crippen LogP contribution in [0.25, 0.3) is 10.9 Å². The first-order valence-corrected chi connectivity index (χ1v) is 6.11. The number of halogens is 1. The highest BCUT2D eigenvalue weighted by Gasteiger charge is 2.01. The van der Waals surface area contributed by atoms with Crippen molar-refractivity contribution in [2.24, 2.45) is 0 Å². The Balaban J connectivity index is 0.00000147. The van der Waals surface area contributed by atoms with E-state index in [9.17, 15) is 0 Å². The standard InChI is InChI=1S/C16H14N2O.ClH/c1-19-13-8-6-12(7-9-13)18-16-10-11-17-15-5-3-2-4-14(15)16;/h2-11H,1H3,(H,17,18);1H. The molecule has 1 N–H and O–H groups in total. The summed E-state index contributed by atoms with van der Waals surface area (Å²) in [5.74, 6) is 0.852. The molecule has 102 valence electrons. The van der Waals surface area contributed by atoms with Gasteiger partial charge in [-0.1, -0.05) is 18.2 Å². The Hall–Kier alpha value is -2.26. The van der Waals surface area contributed by atoms with Gasteiger partial charge in [-0.25, -0.2) is 0 Å². The van der Waals surface area contributed by atoms with Crippen LogP contribution >= 0.6 is 12.4 Å². The van der Waals surface area contributed by atoms with E-state index in [4.69, 9.17) is 4.74 Å². The molecule has 0 amide bonds. The molecule has 0 bridgehead atoms. The zero-order valence-corrected chi connectivity index (χ0v) is 11.9. The van der Waals surface area contributed by atoms with Gasteiger partial charge in [0.05, 0.1) is 12.6 Å². The first-order chi connectivity index (χ1) is 9.36. The third-order valence-electron chi connectivity index (χ3n) is 3.02. The number of ether oxygens (including phenoxy) is 1. The summed E-state index contributed by atoms with van der Waals surface area (Å²) in [6.07, 6.45) is 1.81. The molecule has 0 spiro atoms. The topological polar surface area (TPSA) is 34.1 Å². The van der Waals surface area contributed by atoms with E-state index >= 15 is 0 Å². The van der Waals surface area contributed by atoms with Crippen molar-refractivity contribution in [2.75, 3.05) is 12.4 Å². The van der Waals surface area contributed by atoms with Crippen LogP contribution in [-0.4, -0.2) is 12.1 Å². The normalized spacial score (nSPS) is 9.85. The molecule has 0 aliphatic carbocycles. The van der Waals surface area contributed by atoms with Crippen LogP contribution in [-0.2, 0) is 0 Å². The molecule has 0 aliphatic rings. The summed E-state index contributed by atoms with van der Waals surface area (Å²) in [5, 5.41) is 4.51. The van der Waals surface area contributed by atoms with E-state index in [1.807, 2.05) is 54.7 Å². The Morgan fingerprint density at radius 1 is 0.950 bits per heavy atom. The number of nitrogens with zero attached hydrogens (tertiary/aromatic N) is 1. The van der Waals surface area contributed by atoms with Gasteiger partial charge < -0.3 is 10.1 Å². The van der Waals surface area contributed by atoms with Gasteiger partial charge in [0.15, 0.2) is 0 Å². The minimum atomic E-state index is 0. The van der Waals surface area contributed by atoms with E-state index in [-0.39, 0.29) is 12.4 Å². The number of benzene rings is 2. The van der Waals surface area contributed by atoms with Gasteiger partial charge in [-0.2, -0.15) is 0 Å². The van der Waals surface area contributed by atoms with Crippen LogP contribution < -0.4 is 10.1 Å². The highest BCUT2D eigenvalue weighted by Crippen LogP contribution is 2.25. The van der Waals surface area contributed by atoms with Crippen molar-refractivity contribution in [3.05, 3.63) is 60.8 Å². The molecule has 0 fully saturated rings. The number of fused-ring (bicyclic) bond motifs is 1. The molecule has 0 atom stereocenters. The summed E-state index contributed by atoms with van der Waals surface area (Å²) in [4.78, 5) is 4.35. The van der Waals surface area contributed by atoms with E-state index in [1.165, 1.54) is 0 Å². The maximum absolute atomic E-state index is 5.15. The monoisotopic (exact) mass is 286 g/mol. The number of anilines is 2. The number of para-hydroxylation sites is 1. The third kappa shape index (κ3) is 2.83. The smallest absolute Gasteiger partial charge is 0.119 e. The predicted molar refractivity (Wildman–Crippen MR) is 85.3 cm³/mol. The molecule has 2 aromatic carbocycles. The third-order valence-corrected chi connectivity index (χ3v) is 3.02. The van der Waals surface area contributed by atoms with E-state index in [0.29, 0.717) is 0 Å². The fourth-order valence-corrected chi connectivity index (χ4v) is 2.03.